The zero-order valence-electron chi connectivity index (χ0n) is 11.3. The molecule has 1 aliphatic carbocycles. The summed E-state index contributed by atoms with van der Waals surface area (Å²) in [5, 5.41) is 0. The summed E-state index contributed by atoms with van der Waals surface area (Å²) < 4.78 is 5.45. The van der Waals surface area contributed by atoms with E-state index in [0.29, 0.717) is 0 Å². The molecule has 19 heavy (non-hydrogen) atoms. The maximum absolute atomic E-state index is 11.2. The zero-order chi connectivity index (χ0) is 13.5. The summed E-state index contributed by atoms with van der Waals surface area (Å²) in [4.78, 5) is 11.2. The van der Waals surface area contributed by atoms with E-state index < -0.39 is 0 Å². The Morgan fingerprint density at radius 1 is 1.26 bits per heavy atom. The summed E-state index contributed by atoms with van der Waals surface area (Å²) in [6, 6.07) is 10.3. The molecule has 0 amide bonds. The summed E-state index contributed by atoms with van der Waals surface area (Å²) in [5.74, 6) is -0.210. The van der Waals surface area contributed by atoms with Crippen molar-refractivity contribution in [2.75, 3.05) is 0 Å². The van der Waals surface area contributed by atoms with Crippen LogP contribution in [0.25, 0.3) is 0 Å². The minimum Gasteiger partial charge on any atom is -0.458 e. The highest BCUT2D eigenvalue weighted by Crippen LogP contribution is 2.20. The van der Waals surface area contributed by atoms with Crippen molar-refractivity contribution >= 4 is 5.97 Å². The Morgan fingerprint density at radius 3 is 2.68 bits per heavy atom. The van der Waals surface area contributed by atoms with Crippen LogP contribution < -0.4 is 0 Å². The van der Waals surface area contributed by atoms with E-state index >= 15 is 0 Å². The van der Waals surface area contributed by atoms with Gasteiger partial charge in [0.2, 0.25) is 0 Å². The Balaban J connectivity index is 1.99. The summed E-state index contributed by atoms with van der Waals surface area (Å²) in [5.41, 5.74) is 2.41. The summed E-state index contributed by atoms with van der Waals surface area (Å²) in [6.07, 6.45) is 10.2. The second-order valence-electron chi connectivity index (χ2n) is 4.81. The number of carbonyl (C=O) groups excluding carboxylic acids is 1. The van der Waals surface area contributed by atoms with E-state index in [1.54, 1.807) is 0 Å². The molecule has 0 N–H and O–H groups in total. The van der Waals surface area contributed by atoms with Crippen LogP contribution in [-0.2, 0) is 16.0 Å². The predicted octanol–water partition coefficient (Wildman–Crippen LogP) is 3.83. The monoisotopic (exact) mass is 256 g/mol. The van der Waals surface area contributed by atoms with Gasteiger partial charge in [0, 0.05) is 6.92 Å². The molecule has 0 saturated heterocycles. The number of aryl methyl sites for hydroxylation is 1. The van der Waals surface area contributed by atoms with E-state index in [1.165, 1.54) is 12.5 Å². The Morgan fingerprint density at radius 2 is 2.05 bits per heavy atom. The van der Waals surface area contributed by atoms with Crippen molar-refractivity contribution in [2.24, 2.45) is 0 Å². The van der Waals surface area contributed by atoms with Crippen molar-refractivity contribution in [2.45, 2.75) is 38.7 Å². The van der Waals surface area contributed by atoms with Crippen molar-refractivity contribution in [1.82, 2.24) is 0 Å². The zero-order valence-corrected chi connectivity index (χ0v) is 11.3. The highest BCUT2D eigenvalue weighted by molar-refractivity contribution is 5.66. The predicted molar refractivity (Wildman–Crippen MR) is 76.8 cm³/mol. The first-order chi connectivity index (χ1) is 9.25. The summed E-state index contributed by atoms with van der Waals surface area (Å²) >= 11 is 0. The molecule has 0 radical (unpaired) electrons. The molecule has 1 aromatic carbocycles. The smallest absolute Gasteiger partial charge is 0.303 e. The third kappa shape index (κ3) is 4.40. The van der Waals surface area contributed by atoms with Gasteiger partial charge in [-0.3, -0.25) is 4.79 Å². The first-order valence-electron chi connectivity index (χ1n) is 6.83. The number of benzene rings is 1. The lowest BCUT2D eigenvalue weighted by Gasteiger charge is -2.20. The fraction of sp³-hybridized carbons (Fsp3) is 0.353. The fourth-order valence-corrected chi connectivity index (χ4v) is 2.31. The van der Waals surface area contributed by atoms with Crippen molar-refractivity contribution in [3.63, 3.8) is 0 Å². The third-order valence-corrected chi connectivity index (χ3v) is 3.24. The van der Waals surface area contributed by atoms with Crippen molar-refractivity contribution < 1.29 is 9.53 Å². The summed E-state index contributed by atoms with van der Waals surface area (Å²) in [7, 11) is 0. The molecule has 2 rings (SSSR count). The van der Waals surface area contributed by atoms with Gasteiger partial charge in [-0.1, -0.05) is 48.6 Å². The SMILES string of the molecule is CC(=O)OC(CCc1ccccc1)C1=CCCC=C1. The molecule has 0 fully saturated rings. The molecular weight excluding hydrogens is 236 g/mol. The van der Waals surface area contributed by atoms with E-state index in [0.717, 1.165) is 31.3 Å². The second kappa shape index (κ2) is 6.93. The molecular formula is C17H20O2. The first-order valence-corrected chi connectivity index (χ1v) is 6.83. The Bertz CT molecular complexity index is 471. The molecule has 1 aliphatic rings. The van der Waals surface area contributed by atoms with Crippen LogP contribution in [0.3, 0.4) is 0 Å². The van der Waals surface area contributed by atoms with Crippen LogP contribution in [-0.4, -0.2) is 12.1 Å². The van der Waals surface area contributed by atoms with Crippen LogP contribution in [0.15, 0.2) is 54.1 Å². The van der Waals surface area contributed by atoms with Gasteiger partial charge < -0.3 is 4.74 Å². The molecule has 0 saturated carbocycles. The lowest BCUT2D eigenvalue weighted by Crippen LogP contribution is -2.19. The molecule has 1 atom stereocenters. The van der Waals surface area contributed by atoms with Gasteiger partial charge >= 0.3 is 5.97 Å². The minimum atomic E-state index is -0.210. The van der Waals surface area contributed by atoms with Gasteiger partial charge in [0.05, 0.1) is 0 Å². The molecule has 2 heteroatoms. The second-order valence-corrected chi connectivity index (χ2v) is 4.81. The first kappa shape index (κ1) is 13.6. The number of carbonyl (C=O) groups is 1. The number of hydrogen-bond donors (Lipinski definition) is 0. The Hall–Kier alpha value is -1.83. The lowest BCUT2D eigenvalue weighted by molar-refractivity contribution is -0.144. The van der Waals surface area contributed by atoms with Crippen LogP contribution in [0.4, 0.5) is 0 Å². The van der Waals surface area contributed by atoms with E-state index in [4.69, 9.17) is 4.74 Å². The highest BCUT2D eigenvalue weighted by atomic mass is 16.5. The molecule has 0 heterocycles. The number of esters is 1. The Kier molecular flexibility index (Phi) is 4.96. The third-order valence-electron chi connectivity index (χ3n) is 3.24. The summed E-state index contributed by atoms with van der Waals surface area (Å²) in [6.45, 7) is 1.47. The van der Waals surface area contributed by atoms with Crippen LogP contribution in [0.1, 0.15) is 31.7 Å². The van der Waals surface area contributed by atoms with Gasteiger partial charge in [0.1, 0.15) is 6.10 Å². The standard InChI is InChI=1S/C17H20O2/c1-14(18)19-17(16-10-6-3-7-11-16)13-12-15-8-4-2-5-9-15/h2,4-6,8-11,17H,3,7,12-13H2,1H3. The van der Waals surface area contributed by atoms with Crippen LogP contribution in [0.5, 0.6) is 0 Å². The van der Waals surface area contributed by atoms with Crippen LogP contribution >= 0.6 is 0 Å². The number of ether oxygens (including phenoxy) is 1. The molecule has 1 aromatic rings. The van der Waals surface area contributed by atoms with Gasteiger partial charge in [0.15, 0.2) is 0 Å². The van der Waals surface area contributed by atoms with E-state index in [9.17, 15) is 4.79 Å². The van der Waals surface area contributed by atoms with Gasteiger partial charge in [-0.2, -0.15) is 0 Å². The van der Waals surface area contributed by atoms with Gasteiger partial charge in [0.25, 0.3) is 0 Å². The molecule has 0 spiro atoms. The normalized spacial score (nSPS) is 15.7. The van der Waals surface area contributed by atoms with Crippen LogP contribution in [0.2, 0.25) is 0 Å². The van der Waals surface area contributed by atoms with Crippen molar-refractivity contribution in [3.8, 4) is 0 Å². The molecule has 0 bridgehead atoms. The largest absolute Gasteiger partial charge is 0.458 e. The number of rotatable bonds is 5. The maximum atomic E-state index is 11.2. The van der Waals surface area contributed by atoms with Crippen LogP contribution in [0, 0.1) is 0 Å². The van der Waals surface area contributed by atoms with E-state index in [1.807, 2.05) is 18.2 Å². The molecule has 0 aliphatic heterocycles. The highest BCUT2D eigenvalue weighted by Gasteiger charge is 2.16. The quantitative estimate of drug-likeness (QED) is 0.748. The van der Waals surface area contributed by atoms with E-state index in [2.05, 4.69) is 30.4 Å². The molecule has 1 unspecified atom stereocenters. The molecule has 0 aromatic heterocycles. The average Bonchev–Trinajstić information content (AvgIpc) is 2.45. The van der Waals surface area contributed by atoms with Crippen molar-refractivity contribution in [1.29, 1.82) is 0 Å². The average molecular weight is 256 g/mol. The van der Waals surface area contributed by atoms with Crippen molar-refractivity contribution in [3.05, 3.63) is 59.7 Å². The molecule has 100 valence electrons. The number of hydrogen-bond acceptors (Lipinski definition) is 2. The van der Waals surface area contributed by atoms with E-state index in [-0.39, 0.29) is 12.1 Å². The fourth-order valence-electron chi connectivity index (χ4n) is 2.31. The maximum Gasteiger partial charge on any atom is 0.303 e. The van der Waals surface area contributed by atoms with Gasteiger partial charge in [-0.05, 0) is 36.8 Å². The van der Waals surface area contributed by atoms with Gasteiger partial charge in [-0.15, -0.1) is 0 Å². The molecule has 2 nitrogen and oxygen atoms in total. The minimum absolute atomic E-state index is 0.116. The topological polar surface area (TPSA) is 26.3 Å². The number of allylic oxidation sites excluding steroid dienone is 2. The Labute approximate surface area is 114 Å². The van der Waals surface area contributed by atoms with Gasteiger partial charge in [-0.25, -0.2) is 0 Å². The lowest BCUT2D eigenvalue weighted by atomic mass is 9.97.